The highest BCUT2D eigenvalue weighted by Gasteiger charge is 2.34. The fraction of sp³-hybridized carbons (Fsp3) is 0.462. The van der Waals surface area contributed by atoms with Crippen molar-refractivity contribution in [2.75, 3.05) is 25.6 Å². The van der Waals surface area contributed by atoms with Crippen LogP contribution >= 0.6 is 11.6 Å². The van der Waals surface area contributed by atoms with E-state index in [-0.39, 0.29) is 29.3 Å². The molecule has 116 valence electrons. The van der Waals surface area contributed by atoms with Gasteiger partial charge in [0.2, 0.25) is 5.91 Å². The van der Waals surface area contributed by atoms with E-state index in [1.165, 1.54) is 0 Å². The van der Waals surface area contributed by atoms with E-state index >= 15 is 0 Å². The number of likely N-dealkylation sites (N-methyl/N-ethyl adjacent to an activating group) is 1. The minimum absolute atomic E-state index is 0.127. The molecule has 1 amide bonds. The van der Waals surface area contributed by atoms with Crippen LogP contribution in [0.4, 0.5) is 18.9 Å². The highest BCUT2D eigenvalue weighted by Crippen LogP contribution is 2.34. The molecule has 0 radical (unpaired) electrons. The summed E-state index contributed by atoms with van der Waals surface area (Å²) in [6, 6.07) is 2.69. The lowest BCUT2D eigenvalue weighted by Crippen LogP contribution is -2.39. The number of anilines is 1. The average molecular weight is 323 g/mol. The predicted octanol–water partition coefficient (Wildman–Crippen LogP) is 2.53. The number of ether oxygens (including phenoxy) is 1. The average Bonchev–Trinajstić information content (AvgIpc) is 2.88. The molecular formula is C13H14ClF3N2O2. The number of benzene rings is 1. The number of hydrogen-bond donors (Lipinski definition) is 2. The van der Waals surface area contributed by atoms with Crippen LogP contribution in [-0.2, 0) is 15.7 Å². The number of amides is 1. The van der Waals surface area contributed by atoms with E-state index in [9.17, 15) is 18.0 Å². The number of halogens is 4. The lowest BCUT2D eigenvalue weighted by atomic mass is 10.0. The molecule has 4 nitrogen and oxygen atoms in total. The zero-order chi connectivity index (χ0) is 15.6. The molecule has 1 heterocycles. The van der Waals surface area contributed by atoms with Gasteiger partial charge in [-0.15, -0.1) is 0 Å². The minimum Gasteiger partial charge on any atom is -0.379 e. The van der Waals surface area contributed by atoms with Crippen LogP contribution in [0.3, 0.4) is 0 Å². The summed E-state index contributed by atoms with van der Waals surface area (Å²) in [6.45, 7) is 0.672. The molecule has 8 heteroatoms. The summed E-state index contributed by atoms with van der Waals surface area (Å²) < 4.78 is 42.8. The van der Waals surface area contributed by atoms with Gasteiger partial charge in [0.05, 0.1) is 35.4 Å². The number of nitrogens with one attached hydrogen (secondary N) is 2. The van der Waals surface area contributed by atoms with E-state index in [0.717, 1.165) is 18.2 Å². The standard InChI is InChI=1S/C13H14ClF3N2O2/c1-18-11-6-21-5-8(11)12(20)19-10-3-2-7(4-9(10)14)13(15,16)17/h2-4,8,11,18H,5-6H2,1H3,(H,19,20). The van der Waals surface area contributed by atoms with Crippen molar-refractivity contribution in [2.45, 2.75) is 12.2 Å². The van der Waals surface area contributed by atoms with Crippen molar-refractivity contribution in [1.29, 1.82) is 0 Å². The van der Waals surface area contributed by atoms with Gasteiger partial charge < -0.3 is 15.4 Å². The van der Waals surface area contributed by atoms with E-state index in [1.807, 2.05) is 0 Å². The lowest BCUT2D eigenvalue weighted by molar-refractivity contribution is -0.137. The number of rotatable bonds is 3. The number of hydrogen-bond acceptors (Lipinski definition) is 3. The molecule has 1 saturated heterocycles. The zero-order valence-corrected chi connectivity index (χ0v) is 11.9. The molecule has 1 aromatic carbocycles. The molecule has 0 saturated carbocycles. The maximum absolute atomic E-state index is 12.5. The largest absolute Gasteiger partial charge is 0.416 e. The van der Waals surface area contributed by atoms with Crippen LogP contribution in [-0.4, -0.2) is 32.2 Å². The summed E-state index contributed by atoms with van der Waals surface area (Å²) in [5.74, 6) is -0.748. The quantitative estimate of drug-likeness (QED) is 0.899. The summed E-state index contributed by atoms with van der Waals surface area (Å²) in [4.78, 5) is 12.1. The molecular weight excluding hydrogens is 309 g/mol. The van der Waals surface area contributed by atoms with Gasteiger partial charge in [-0.2, -0.15) is 13.2 Å². The smallest absolute Gasteiger partial charge is 0.379 e. The second-order valence-corrected chi connectivity index (χ2v) is 5.13. The van der Waals surface area contributed by atoms with Crippen molar-refractivity contribution in [3.8, 4) is 0 Å². The Hall–Kier alpha value is -1.31. The maximum atomic E-state index is 12.5. The van der Waals surface area contributed by atoms with Crippen LogP contribution in [0.25, 0.3) is 0 Å². The molecule has 1 fully saturated rings. The van der Waals surface area contributed by atoms with Gasteiger partial charge in [-0.3, -0.25) is 4.79 Å². The molecule has 2 rings (SSSR count). The first-order valence-electron chi connectivity index (χ1n) is 6.25. The van der Waals surface area contributed by atoms with Crippen LogP contribution in [0.15, 0.2) is 18.2 Å². The van der Waals surface area contributed by atoms with Gasteiger partial charge in [0, 0.05) is 6.04 Å². The van der Waals surface area contributed by atoms with Crippen molar-refractivity contribution in [3.63, 3.8) is 0 Å². The second kappa shape index (κ2) is 6.21. The van der Waals surface area contributed by atoms with E-state index in [2.05, 4.69) is 10.6 Å². The molecule has 2 atom stereocenters. The van der Waals surface area contributed by atoms with Gasteiger partial charge in [-0.05, 0) is 25.2 Å². The van der Waals surface area contributed by atoms with Gasteiger partial charge in [-0.1, -0.05) is 11.6 Å². The van der Waals surface area contributed by atoms with E-state index in [1.54, 1.807) is 7.05 Å². The summed E-state index contributed by atoms with van der Waals surface area (Å²) in [6.07, 6.45) is -4.47. The van der Waals surface area contributed by atoms with E-state index in [0.29, 0.717) is 6.61 Å². The molecule has 21 heavy (non-hydrogen) atoms. The van der Waals surface area contributed by atoms with Gasteiger partial charge in [0.1, 0.15) is 0 Å². The third kappa shape index (κ3) is 3.66. The van der Waals surface area contributed by atoms with Crippen LogP contribution in [0.2, 0.25) is 5.02 Å². The Morgan fingerprint density at radius 1 is 1.38 bits per heavy atom. The molecule has 0 spiro atoms. The predicted molar refractivity (Wildman–Crippen MR) is 72.2 cm³/mol. The molecule has 1 aliphatic rings. The minimum atomic E-state index is -4.47. The molecule has 0 bridgehead atoms. The highest BCUT2D eigenvalue weighted by molar-refractivity contribution is 6.33. The summed E-state index contributed by atoms with van der Waals surface area (Å²) in [5.41, 5.74) is -0.709. The van der Waals surface area contributed by atoms with Gasteiger partial charge in [0.15, 0.2) is 0 Å². The third-order valence-corrected chi connectivity index (χ3v) is 3.66. The molecule has 0 aliphatic carbocycles. The van der Waals surface area contributed by atoms with Gasteiger partial charge in [-0.25, -0.2) is 0 Å². The first kappa shape index (κ1) is 16.1. The number of carbonyl (C=O) groups excluding carboxylic acids is 1. The third-order valence-electron chi connectivity index (χ3n) is 3.34. The first-order valence-corrected chi connectivity index (χ1v) is 6.63. The van der Waals surface area contributed by atoms with Gasteiger partial charge in [0.25, 0.3) is 0 Å². The lowest BCUT2D eigenvalue weighted by Gasteiger charge is -2.17. The number of carbonyl (C=O) groups is 1. The topological polar surface area (TPSA) is 50.4 Å². The van der Waals surface area contributed by atoms with Crippen molar-refractivity contribution < 1.29 is 22.7 Å². The van der Waals surface area contributed by atoms with Crippen molar-refractivity contribution in [3.05, 3.63) is 28.8 Å². The summed E-state index contributed by atoms with van der Waals surface area (Å²) in [5, 5.41) is 5.34. The SMILES string of the molecule is CNC1COCC1C(=O)Nc1ccc(C(F)(F)F)cc1Cl. The van der Waals surface area contributed by atoms with Crippen LogP contribution in [0.5, 0.6) is 0 Å². The Morgan fingerprint density at radius 2 is 2.10 bits per heavy atom. The fourth-order valence-corrected chi connectivity index (χ4v) is 2.34. The van der Waals surface area contributed by atoms with Crippen molar-refractivity contribution in [2.24, 2.45) is 5.92 Å². The zero-order valence-electron chi connectivity index (χ0n) is 11.1. The number of alkyl halides is 3. The Labute approximate surface area is 124 Å². The van der Waals surface area contributed by atoms with E-state index < -0.39 is 17.7 Å². The van der Waals surface area contributed by atoms with Crippen LogP contribution < -0.4 is 10.6 Å². The normalized spacial score (nSPS) is 22.3. The summed E-state index contributed by atoms with van der Waals surface area (Å²) >= 11 is 5.79. The highest BCUT2D eigenvalue weighted by atomic mass is 35.5. The molecule has 1 aliphatic heterocycles. The fourth-order valence-electron chi connectivity index (χ4n) is 2.12. The first-order chi connectivity index (χ1) is 9.82. The van der Waals surface area contributed by atoms with Crippen molar-refractivity contribution >= 4 is 23.2 Å². The Morgan fingerprint density at radius 3 is 2.67 bits per heavy atom. The summed E-state index contributed by atoms with van der Waals surface area (Å²) in [7, 11) is 1.71. The molecule has 2 N–H and O–H groups in total. The molecule has 2 unspecified atom stereocenters. The maximum Gasteiger partial charge on any atom is 0.416 e. The van der Waals surface area contributed by atoms with Crippen LogP contribution in [0, 0.1) is 5.92 Å². The Kier molecular flexibility index (Phi) is 4.75. The molecule has 0 aromatic heterocycles. The Balaban J connectivity index is 2.11. The molecule has 1 aromatic rings. The second-order valence-electron chi connectivity index (χ2n) is 4.72. The monoisotopic (exact) mass is 322 g/mol. The van der Waals surface area contributed by atoms with Gasteiger partial charge >= 0.3 is 6.18 Å². The van der Waals surface area contributed by atoms with Crippen LogP contribution in [0.1, 0.15) is 5.56 Å². The van der Waals surface area contributed by atoms with E-state index in [4.69, 9.17) is 16.3 Å². The van der Waals surface area contributed by atoms with Crippen molar-refractivity contribution in [1.82, 2.24) is 5.32 Å². The Bertz CT molecular complexity index is 537.